The van der Waals surface area contributed by atoms with Gasteiger partial charge in [-0.15, -0.1) is 0 Å². The van der Waals surface area contributed by atoms with Gasteiger partial charge in [0.05, 0.1) is 17.9 Å². The van der Waals surface area contributed by atoms with E-state index >= 15 is 0 Å². The highest BCUT2D eigenvalue weighted by Gasteiger charge is 2.14. The molecule has 0 aromatic carbocycles. The molecule has 2 rings (SSSR count). The van der Waals surface area contributed by atoms with Crippen LogP contribution in [0.4, 0.5) is 0 Å². The van der Waals surface area contributed by atoms with Crippen LogP contribution in [0.1, 0.15) is 35.3 Å². The molecule has 0 radical (unpaired) electrons. The third-order valence-corrected chi connectivity index (χ3v) is 2.89. The topological polar surface area (TPSA) is 56.7 Å². The molecule has 2 aromatic heterocycles. The van der Waals surface area contributed by atoms with Gasteiger partial charge in [0.15, 0.2) is 0 Å². The number of hydrogen-bond donors (Lipinski definition) is 1. The molecule has 4 nitrogen and oxygen atoms in total. The molecule has 0 fully saturated rings. The number of rotatable bonds is 3. The minimum absolute atomic E-state index is 0.198. The average Bonchev–Trinajstić information content (AvgIpc) is 2.76. The molecule has 1 atom stereocenters. The summed E-state index contributed by atoms with van der Waals surface area (Å²) < 4.78 is 1.87. The average molecular weight is 230 g/mol. The molecule has 17 heavy (non-hydrogen) atoms. The van der Waals surface area contributed by atoms with E-state index in [0.717, 1.165) is 28.9 Å². The van der Waals surface area contributed by atoms with Crippen molar-refractivity contribution in [3.8, 4) is 0 Å². The van der Waals surface area contributed by atoms with Crippen LogP contribution in [0.2, 0.25) is 0 Å². The molecule has 0 aliphatic carbocycles. The number of hydrogen-bond acceptors (Lipinski definition) is 3. The highest BCUT2D eigenvalue weighted by atomic mass is 15.3. The first-order valence-electron chi connectivity index (χ1n) is 5.83. The molecule has 1 unspecified atom stereocenters. The van der Waals surface area contributed by atoms with Crippen molar-refractivity contribution < 1.29 is 0 Å². The molecule has 0 saturated heterocycles. The Labute approximate surface area is 101 Å². The Kier molecular flexibility index (Phi) is 3.24. The number of pyridine rings is 1. The van der Waals surface area contributed by atoms with Crippen LogP contribution in [0, 0.1) is 13.8 Å². The Hall–Kier alpha value is -1.68. The van der Waals surface area contributed by atoms with E-state index in [1.54, 1.807) is 0 Å². The first-order valence-corrected chi connectivity index (χ1v) is 5.83. The Morgan fingerprint density at radius 1 is 1.35 bits per heavy atom. The minimum atomic E-state index is -0.198. The van der Waals surface area contributed by atoms with Gasteiger partial charge in [0.25, 0.3) is 0 Å². The second-order valence-corrected chi connectivity index (χ2v) is 4.32. The van der Waals surface area contributed by atoms with Gasteiger partial charge in [-0.1, -0.05) is 6.07 Å². The highest BCUT2D eigenvalue weighted by Crippen LogP contribution is 2.20. The van der Waals surface area contributed by atoms with Crippen LogP contribution < -0.4 is 5.73 Å². The second-order valence-electron chi connectivity index (χ2n) is 4.32. The lowest BCUT2D eigenvalue weighted by atomic mass is 10.0. The van der Waals surface area contributed by atoms with E-state index < -0.39 is 0 Å². The lowest BCUT2D eigenvalue weighted by Crippen LogP contribution is -2.14. The molecule has 90 valence electrons. The van der Waals surface area contributed by atoms with E-state index in [-0.39, 0.29) is 6.04 Å². The predicted molar refractivity (Wildman–Crippen MR) is 67.6 cm³/mol. The van der Waals surface area contributed by atoms with E-state index in [2.05, 4.69) is 23.1 Å². The third kappa shape index (κ3) is 2.36. The van der Waals surface area contributed by atoms with Gasteiger partial charge in [0, 0.05) is 24.5 Å². The lowest BCUT2D eigenvalue weighted by molar-refractivity contribution is 0.658. The van der Waals surface area contributed by atoms with Crippen LogP contribution in [0.15, 0.2) is 24.7 Å². The van der Waals surface area contributed by atoms with Crippen molar-refractivity contribution in [1.82, 2.24) is 14.8 Å². The first kappa shape index (κ1) is 11.8. The van der Waals surface area contributed by atoms with Gasteiger partial charge in [-0.2, -0.15) is 5.10 Å². The molecular formula is C13H18N4. The fourth-order valence-corrected chi connectivity index (χ4v) is 1.92. The summed E-state index contributed by atoms with van der Waals surface area (Å²) in [6.45, 7) is 6.98. The molecule has 0 amide bonds. The Morgan fingerprint density at radius 2 is 2.12 bits per heavy atom. The molecule has 2 aromatic rings. The predicted octanol–water partition coefficient (Wildman–Crippen LogP) is 1.96. The molecule has 2 heterocycles. The fraction of sp³-hybridized carbons (Fsp3) is 0.385. The maximum atomic E-state index is 6.22. The second kappa shape index (κ2) is 4.67. The molecular weight excluding hydrogens is 212 g/mol. The van der Waals surface area contributed by atoms with E-state index in [0.29, 0.717) is 0 Å². The quantitative estimate of drug-likeness (QED) is 0.877. The Morgan fingerprint density at radius 3 is 2.71 bits per heavy atom. The summed E-state index contributed by atoms with van der Waals surface area (Å²) in [4.78, 5) is 4.43. The summed E-state index contributed by atoms with van der Waals surface area (Å²) in [7, 11) is 0. The van der Waals surface area contributed by atoms with Gasteiger partial charge in [-0.05, 0) is 31.9 Å². The maximum absolute atomic E-state index is 6.22. The molecule has 4 heteroatoms. The van der Waals surface area contributed by atoms with E-state index in [4.69, 9.17) is 5.73 Å². The van der Waals surface area contributed by atoms with Crippen molar-refractivity contribution in [3.05, 3.63) is 47.0 Å². The van der Waals surface area contributed by atoms with Gasteiger partial charge in [0.2, 0.25) is 0 Å². The first-order chi connectivity index (χ1) is 8.11. The van der Waals surface area contributed by atoms with Gasteiger partial charge >= 0.3 is 0 Å². The zero-order valence-corrected chi connectivity index (χ0v) is 10.5. The van der Waals surface area contributed by atoms with Gasteiger partial charge in [-0.25, -0.2) is 0 Å². The van der Waals surface area contributed by atoms with Crippen LogP contribution in [0.3, 0.4) is 0 Å². The minimum Gasteiger partial charge on any atom is -0.319 e. The smallest absolute Gasteiger partial charge is 0.0759 e. The number of aryl methyl sites for hydroxylation is 3. The van der Waals surface area contributed by atoms with Crippen molar-refractivity contribution in [3.63, 3.8) is 0 Å². The summed E-state index contributed by atoms with van der Waals surface area (Å²) in [6, 6.07) is 1.91. The molecule has 0 saturated carbocycles. The monoisotopic (exact) mass is 230 g/mol. The van der Waals surface area contributed by atoms with Crippen LogP contribution >= 0.6 is 0 Å². The number of aromatic nitrogens is 3. The Bertz CT molecular complexity index is 516. The highest BCUT2D eigenvalue weighted by molar-refractivity contribution is 5.31. The molecule has 0 bridgehead atoms. The van der Waals surface area contributed by atoms with Crippen LogP contribution in [0.5, 0.6) is 0 Å². The van der Waals surface area contributed by atoms with Crippen LogP contribution in [-0.2, 0) is 6.54 Å². The lowest BCUT2D eigenvalue weighted by Gasteiger charge is -2.12. The Balaban J connectivity index is 2.33. The molecule has 0 aliphatic rings. The van der Waals surface area contributed by atoms with Crippen molar-refractivity contribution in [1.29, 1.82) is 0 Å². The van der Waals surface area contributed by atoms with E-state index in [1.165, 1.54) is 0 Å². The van der Waals surface area contributed by atoms with Crippen LogP contribution in [-0.4, -0.2) is 14.8 Å². The van der Waals surface area contributed by atoms with Gasteiger partial charge < -0.3 is 5.73 Å². The van der Waals surface area contributed by atoms with Crippen molar-refractivity contribution in [2.75, 3.05) is 0 Å². The summed E-state index contributed by atoms with van der Waals surface area (Å²) in [5.41, 5.74) is 10.4. The van der Waals surface area contributed by atoms with E-state index in [9.17, 15) is 0 Å². The van der Waals surface area contributed by atoms with Crippen molar-refractivity contribution in [2.45, 2.75) is 33.4 Å². The summed E-state index contributed by atoms with van der Waals surface area (Å²) in [5.74, 6) is 0. The van der Waals surface area contributed by atoms with Crippen LogP contribution in [0.25, 0.3) is 0 Å². The summed E-state index contributed by atoms with van der Waals surface area (Å²) in [6.07, 6.45) is 5.65. The van der Waals surface area contributed by atoms with Gasteiger partial charge in [-0.3, -0.25) is 9.67 Å². The van der Waals surface area contributed by atoms with E-state index in [1.807, 2.05) is 37.1 Å². The third-order valence-electron chi connectivity index (χ3n) is 2.89. The maximum Gasteiger partial charge on any atom is 0.0759 e. The van der Waals surface area contributed by atoms with Crippen molar-refractivity contribution in [2.24, 2.45) is 5.73 Å². The normalized spacial score (nSPS) is 12.7. The fourth-order valence-electron chi connectivity index (χ4n) is 1.92. The standard InChI is InChI=1S/C13H18N4/c1-4-17-8-11(7-16-17)12(14)13-10(3)5-9(2)6-15-13/h5-8,12H,4,14H2,1-3H3. The molecule has 0 aliphatic heterocycles. The molecule has 0 spiro atoms. The summed E-state index contributed by atoms with van der Waals surface area (Å²) >= 11 is 0. The zero-order valence-electron chi connectivity index (χ0n) is 10.5. The number of nitrogens with zero attached hydrogens (tertiary/aromatic N) is 3. The SMILES string of the molecule is CCn1cc(C(N)c2ncc(C)cc2C)cn1. The van der Waals surface area contributed by atoms with Gasteiger partial charge in [0.1, 0.15) is 0 Å². The number of nitrogens with two attached hydrogens (primary N) is 1. The van der Waals surface area contributed by atoms with Crippen molar-refractivity contribution >= 4 is 0 Å². The molecule has 2 N–H and O–H groups in total. The summed E-state index contributed by atoms with van der Waals surface area (Å²) in [5, 5.41) is 4.24. The largest absolute Gasteiger partial charge is 0.319 e. The zero-order chi connectivity index (χ0) is 12.4.